The first-order valence-electron chi connectivity index (χ1n) is 8.64. The summed E-state index contributed by atoms with van der Waals surface area (Å²) in [6.45, 7) is 0. The monoisotopic (exact) mass is 424 g/mol. The number of nitrogens with zero attached hydrogens (tertiary/aromatic N) is 2. The van der Waals surface area contributed by atoms with E-state index in [1.807, 2.05) is 24.3 Å². The van der Waals surface area contributed by atoms with Gasteiger partial charge >= 0.3 is 0 Å². The van der Waals surface area contributed by atoms with Crippen molar-refractivity contribution >= 4 is 32.5 Å². The lowest BCUT2D eigenvalue weighted by Crippen LogP contribution is -2.39. The molecule has 5 nitrogen and oxygen atoms in total. The van der Waals surface area contributed by atoms with Crippen LogP contribution in [0.25, 0.3) is 0 Å². The van der Waals surface area contributed by atoms with E-state index in [1.165, 1.54) is 23.9 Å². The topological polar surface area (TPSA) is 59.0 Å². The van der Waals surface area contributed by atoms with Crippen molar-refractivity contribution in [1.82, 2.24) is 0 Å². The molecule has 0 spiro atoms. The second-order valence-corrected chi connectivity index (χ2v) is 9.82. The van der Waals surface area contributed by atoms with Gasteiger partial charge in [0.1, 0.15) is 17.4 Å². The van der Waals surface area contributed by atoms with Crippen LogP contribution in [0.4, 0.5) is 14.5 Å². The van der Waals surface area contributed by atoms with Gasteiger partial charge in [0.25, 0.3) is 0 Å². The number of hydrogen-bond acceptors (Lipinski definition) is 6. The fourth-order valence-corrected chi connectivity index (χ4v) is 6.38. The number of benzene rings is 2. The molecule has 28 heavy (non-hydrogen) atoms. The number of aliphatic imine (C=N–C) groups is 1. The van der Waals surface area contributed by atoms with Crippen LogP contribution in [0.1, 0.15) is 5.56 Å². The number of halogens is 2. The Balaban J connectivity index is 1.61. The summed E-state index contributed by atoms with van der Waals surface area (Å²) in [5.74, 6) is -0.229. The van der Waals surface area contributed by atoms with Crippen molar-refractivity contribution in [2.45, 2.75) is 17.8 Å². The zero-order chi connectivity index (χ0) is 19.9. The summed E-state index contributed by atoms with van der Waals surface area (Å²) in [5, 5.41) is 0.547. The van der Waals surface area contributed by atoms with Crippen molar-refractivity contribution in [3.63, 3.8) is 0 Å². The van der Waals surface area contributed by atoms with E-state index in [0.717, 1.165) is 17.4 Å². The molecule has 2 aromatic rings. The Labute approximate surface area is 166 Å². The Hall–Kier alpha value is -2.13. The molecule has 9 heteroatoms. The van der Waals surface area contributed by atoms with Crippen molar-refractivity contribution < 1.29 is 21.9 Å². The third-order valence-corrected chi connectivity index (χ3v) is 7.54. The molecule has 0 bridgehead atoms. The Morgan fingerprint density at radius 2 is 1.93 bits per heavy atom. The van der Waals surface area contributed by atoms with Crippen LogP contribution < -0.4 is 9.64 Å². The minimum absolute atomic E-state index is 0.0520. The van der Waals surface area contributed by atoms with E-state index in [-0.39, 0.29) is 17.2 Å². The number of sulfone groups is 1. The van der Waals surface area contributed by atoms with Gasteiger partial charge in [-0.2, -0.15) is 0 Å². The molecular weight excluding hydrogens is 406 g/mol. The average molecular weight is 424 g/mol. The van der Waals surface area contributed by atoms with Crippen molar-refractivity contribution in [2.75, 3.05) is 23.5 Å². The third-order valence-electron chi connectivity index (χ3n) is 4.80. The number of fused-ring (bicyclic) bond motifs is 1. The van der Waals surface area contributed by atoms with Crippen molar-refractivity contribution in [3.05, 3.63) is 59.7 Å². The molecular formula is C19H18F2N2O3S2. The van der Waals surface area contributed by atoms with Crippen molar-refractivity contribution in [1.29, 1.82) is 0 Å². The van der Waals surface area contributed by atoms with Crippen molar-refractivity contribution in [2.24, 2.45) is 4.99 Å². The van der Waals surface area contributed by atoms with Gasteiger partial charge in [-0.05, 0) is 29.8 Å². The van der Waals surface area contributed by atoms with Gasteiger partial charge in [-0.15, -0.1) is 0 Å². The second-order valence-electron chi connectivity index (χ2n) is 6.73. The lowest BCUT2D eigenvalue weighted by Gasteiger charge is -2.26. The minimum atomic E-state index is -3.23. The predicted molar refractivity (Wildman–Crippen MR) is 107 cm³/mol. The molecule has 0 N–H and O–H groups in total. The van der Waals surface area contributed by atoms with Crippen LogP contribution in [0.15, 0.2) is 47.5 Å². The van der Waals surface area contributed by atoms with Gasteiger partial charge in [-0.1, -0.05) is 23.9 Å². The van der Waals surface area contributed by atoms with E-state index >= 15 is 0 Å². The van der Waals surface area contributed by atoms with Crippen LogP contribution in [0.2, 0.25) is 0 Å². The first kappa shape index (κ1) is 19.2. The van der Waals surface area contributed by atoms with E-state index in [1.54, 1.807) is 12.0 Å². The normalized spacial score (nSPS) is 22.8. The Bertz CT molecular complexity index is 1030. The highest BCUT2D eigenvalue weighted by Gasteiger charge is 2.47. The van der Waals surface area contributed by atoms with Gasteiger partial charge in [0.2, 0.25) is 0 Å². The molecule has 0 aliphatic carbocycles. The van der Waals surface area contributed by atoms with Crippen LogP contribution in [-0.2, 0) is 15.6 Å². The van der Waals surface area contributed by atoms with E-state index in [4.69, 9.17) is 4.74 Å². The number of thioether (sulfide) groups is 1. The summed E-state index contributed by atoms with van der Waals surface area (Å²) in [6.07, 6.45) is 0. The molecule has 1 saturated heterocycles. The summed E-state index contributed by atoms with van der Waals surface area (Å²) in [4.78, 5) is 6.17. The SMILES string of the molecule is COc1ccc(CSC2=N[C@H]3CS(=O)(=O)C[C@H]3N2c2ccc(F)cc2F)cc1. The molecule has 0 unspecified atom stereocenters. The summed E-state index contributed by atoms with van der Waals surface area (Å²) < 4.78 is 57.0. The Kier molecular flexibility index (Phi) is 5.05. The van der Waals surface area contributed by atoms with Gasteiger partial charge in [-0.25, -0.2) is 17.2 Å². The van der Waals surface area contributed by atoms with Gasteiger partial charge in [-0.3, -0.25) is 4.99 Å². The molecule has 0 aromatic heterocycles. The lowest BCUT2D eigenvalue weighted by atomic mass is 10.1. The first-order valence-corrected chi connectivity index (χ1v) is 11.5. The fourth-order valence-electron chi connectivity index (χ4n) is 3.46. The standard InChI is InChI=1S/C19H18F2N2O3S2/c1-26-14-5-2-12(3-6-14)9-27-19-22-16-10-28(24,25)11-18(16)23(19)17-7-4-13(20)8-15(17)21/h2-8,16,18H,9-11H2,1H3/t16-,18+/m0/s1. The smallest absolute Gasteiger partial charge is 0.164 e. The molecule has 148 valence electrons. The van der Waals surface area contributed by atoms with Crippen LogP contribution >= 0.6 is 11.8 Å². The van der Waals surface area contributed by atoms with E-state index in [0.29, 0.717) is 10.9 Å². The molecule has 2 aromatic carbocycles. The number of methoxy groups -OCH3 is 1. The Morgan fingerprint density at radius 3 is 2.61 bits per heavy atom. The first-order chi connectivity index (χ1) is 13.4. The van der Waals surface area contributed by atoms with Gasteiger partial charge in [0, 0.05) is 11.8 Å². The van der Waals surface area contributed by atoms with Crippen LogP contribution in [0, 0.1) is 11.6 Å². The molecule has 1 fully saturated rings. The van der Waals surface area contributed by atoms with Gasteiger partial charge < -0.3 is 9.64 Å². The fraction of sp³-hybridized carbons (Fsp3) is 0.316. The maximum atomic E-state index is 14.5. The average Bonchev–Trinajstić information content (AvgIpc) is 3.12. The minimum Gasteiger partial charge on any atom is -0.497 e. The summed E-state index contributed by atoms with van der Waals surface area (Å²) >= 11 is 1.40. The number of rotatable bonds is 4. The quantitative estimate of drug-likeness (QED) is 0.754. The highest BCUT2D eigenvalue weighted by molar-refractivity contribution is 8.13. The summed E-state index contributed by atoms with van der Waals surface area (Å²) in [5.41, 5.74) is 1.17. The number of amidine groups is 1. The second kappa shape index (κ2) is 7.36. The van der Waals surface area contributed by atoms with Gasteiger partial charge in [0.15, 0.2) is 15.0 Å². The lowest BCUT2D eigenvalue weighted by molar-refractivity contribution is 0.414. The third kappa shape index (κ3) is 3.73. The molecule has 0 saturated carbocycles. The van der Waals surface area contributed by atoms with E-state index in [2.05, 4.69) is 4.99 Å². The molecule has 2 heterocycles. The molecule has 0 amide bonds. The van der Waals surface area contributed by atoms with E-state index < -0.39 is 33.6 Å². The number of anilines is 1. The molecule has 2 aliphatic rings. The van der Waals surface area contributed by atoms with Crippen LogP contribution in [0.5, 0.6) is 5.75 Å². The zero-order valence-electron chi connectivity index (χ0n) is 15.0. The Morgan fingerprint density at radius 1 is 1.18 bits per heavy atom. The highest BCUT2D eigenvalue weighted by Crippen LogP contribution is 2.37. The molecule has 4 rings (SSSR count). The van der Waals surface area contributed by atoms with Gasteiger partial charge in [0.05, 0.1) is 36.4 Å². The maximum Gasteiger partial charge on any atom is 0.164 e. The molecule has 0 radical (unpaired) electrons. The van der Waals surface area contributed by atoms with Crippen LogP contribution in [-0.4, -0.2) is 44.3 Å². The number of hydrogen-bond donors (Lipinski definition) is 0. The summed E-state index contributed by atoms with van der Waals surface area (Å²) in [6, 6.07) is 9.96. The highest BCUT2D eigenvalue weighted by atomic mass is 32.2. The molecule has 2 atom stereocenters. The molecule has 2 aliphatic heterocycles. The summed E-state index contributed by atoms with van der Waals surface area (Å²) in [7, 11) is -1.64. The largest absolute Gasteiger partial charge is 0.497 e. The zero-order valence-corrected chi connectivity index (χ0v) is 16.6. The predicted octanol–water partition coefficient (Wildman–Crippen LogP) is 3.25. The van der Waals surface area contributed by atoms with Crippen molar-refractivity contribution in [3.8, 4) is 5.75 Å². The maximum absolute atomic E-state index is 14.5. The number of ether oxygens (including phenoxy) is 1. The van der Waals surface area contributed by atoms with E-state index in [9.17, 15) is 17.2 Å². The van der Waals surface area contributed by atoms with Crippen LogP contribution in [0.3, 0.4) is 0 Å².